The topological polar surface area (TPSA) is 84.9 Å². The van der Waals surface area contributed by atoms with Crippen LogP contribution in [0.15, 0.2) is 30.3 Å². The smallest absolute Gasteiger partial charge is 0.408 e. The molecular weight excluding hydrogens is 360 g/mol. The Morgan fingerprint density at radius 2 is 1.93 bits per heavy atom. The maximum atomic E-state index is 12.5. The van der Waals surface area contributed by atoms with Crippen LogP contribution in [0, 0.1) is 0 Å². The molecule has 1 aliphatic heterocycles. The van der Waals surface area contributed by atoms with E-state index < -0.39 is 12.1 Å². The summed E-state index contributed by atoms with van der Waals surface area (Å²) in [7, 11) is 0. The fourth-order valence-electron chi connectivity index (χ4n) is 2.46. The highest BCUT2D eigenvalue weighted by atomic mass is 16.5. The number of benzene rings is 1. The van der Waals surface area contributed by atoms with Gasteiger partial charge in [-0.05, 0) is 25.8 Å². The molecule has 2 atom stereocenters. The standard InChI is InChI=1S/C18H24N2O5.C3H8/c1-13-8-9-20(10-16(21)12-24-13)17(22)14(2)19-18(23)25-11-15-6-4-3-5-7-15;1-3-2/h3-7,13-14H,8-12H2,1-2H3,(H,19,23);3H2,1-2H3. The number of amides is 2. The van der Waals surface area contributed by atoms with Gasteiger partial charge in [0.05, 0.1) is 12.6 Å². The predicted octanol–water partition coefficient (Wildman–Crippen LogP) is 2.92. The summed E-state index contributed by atoms with van der Waals surface area (Å²) in [6.07, 6.45) is 1.14. The molecule has 7 nitrogen and oxygen atoms in total. The quantitative estimate of drug-likeness (QED) is 0.852. The van der Waals surface area contributed by atoms with Crippen LogP contribution in [0.25, 0.3) is 0 Å². The van der Waals surface area contributed by atoms with Gasteiger partial charge in [0.25, 0.3) is 0 Å². The molecule has 28 heavy (non-hydrogen) atoms. The van der Waals surface area contributed by atoms with Crippen LogP contribution >= 0.6 is 0 Å². The average Bonchev–Trinajstić information content (AvgIpc) is 2.67. The maximum Gasteiger partial charge on any atom is 0.408 e. The van der Waals surface area contributed by atoms with E-state index in [9.17, 15) is 14.4 Å². The highest BCUT2D eigenvalue weighted by Crippen LogP contribution is 2.07. The molecule has 0 saturated carbocycles. The molecule has 0 radical (unpaired) electrons. The lowest BCUT2D eigenvalue weighted by molar-refractivity contribution is -0.141. The molecule has 1 aromatic carbocycles. The van der Waals surface area contributed by atoms with Gasteiger partial charge in [-0.2, -0.15) is 0 Å². The van der Waals surface area contributed by atoms with Gasteiger partial charge in [-0.3, -0.25) is 9.59 Å². The van der Waals surface area contributed by atoms with Crippen LogP contribution in [0.1, 0.15) is 46.1 Å². The lowest BCUT2D eigenvalue weighted by Gasteiger charge is -2.29. The summed E-state index contributed by atoms with van der Waals surface area (Å²) in [6.45, 7) is 8.24. The van der Waals surface area contributed by atoms with Gasteiger partial charge in [-0.15, -0.1) is 0 Å². The van der Waals surface area contributed by atoms with Crippen LogP contribution in [0.2, 0.25) is 0 Å². The van der Waals surface area contributed by atoms with Crippen molar-refractivity contribution in [1.29, 1.82) is 0 Å². The normalized spacial score (nSPS) is 18.1. The van der Waals surface area contributed by atoms with Crippen LogP contribution in [0.3, 0.4) is 0 Å². The van der Waals surface area contributed by atoms with E-state index in [0.717, 1.165) is 5.56 Å². The highest BCUT2D eigenvalue weighted by molar-refractivity contribution is 5.90. The van der Waals surface area contributed by atoms with Gasteiger partial charge in [0.2, 0.25) is 5.91 Å². The van der Waals surface area contributed by atoms with Crippen molar-refractivity contribution in [3.63, 3.8) is 0 Å². The second kappa shape index (κ2) is 12.9. The fourth-order valence-corrected chi connectivity index (χ4v) is 2.46. The Balaban J connectivity index is 0.00000122. The number of ketones is 1. The van der Waals surface area contributed by atoms with Crippen molar-refractivity contribution in [3.8, 4) is 0 Å². The molecule has 7 heteroatoms. The second-order valence-corrected chi connectivity index (χ2v) is 6.84. The van der Waals surface area contributed by atoms with Crippen molar-refractivity contribution in [2.75, 3.05) is 19.7 Å². The van der Waals surface area contributed by atoms with E-state index in [2.05, 4.69) is 19.2 Å². The zero-order chi connectivity index (χ0) is 20.9. The highest BCUT2D eigenvalue weighted by Gasteiger charge is 2.26. The van der Waals surface area contributed by atoms with Crippen molar-refractivity contribution in [2.45, 2.75) is 59.3 Å². The molecular formula is C21H32N2O5. The minimum absolute atomic E-state index is 0.00334. The first-order valence-corrected chi connectivity index (χ1v) is 9.76. The van der Waals surface area contributed by atoms with E-state index in [4.69, 9.17) is 9.47 Å². The Kier molecular flexibility index (Phi) is 10.9. The van der Waals surface area contributed by atoms with Crippen LogP contribution in [0.4, 0.5) is 4.79 Å². The molecule has 0 spiro atoms. The summed E-state index contributed by atoms with van der Waals surface area (Å²) in [4.78, 5) is 37.6. The molecule has 2 unspecified atom stereocenters. The van der Waals surface area contributed by atoms with E-state index in [-0.39, 0.29) is 37.6 Å². The number of Topliss-reactive ketones (excluding diaryl/α,β-unsaturated/α-hetero) is 1. The molecule has 0 bridgehead atoms. The van der Waals surface area contributed by atoms with Gasteiger partial charge < -0.3 is 19.7 Å². The first-order valence-electron chi connectivity index (χ1n) is 9.76. The van der Waals surface area contributed by atoms with Gasteiger partial charge in [0, 0.05) is 6.54 Å². The third-order valence-electron chi connectivity index (χ3n) is 3.93. The largest absolute Gasteiger partial charge is 0.445 e. The molecule has 1 fully saturated rings. The Labute approximate surface area is 167 Å². The minimum Gasteiger partial charge on any atom is -0.445 e. The van der Waals surface area contributed by atoms with Gasteiger partial charge >= 0.3 is 6.09 Å². The van der Waals surface area contributed by atoms with Gasteiger partial charge in [0.15, 0.2) is 5.78 Å². The van der Waals surface area contributed by atoms with Crippen LogP contribution in [-0.4, -0.2) is 54.5 Å². The zero-order valence-electron chi connectivity index (χ0n) is 17.3. The predicted molar refractivity (Wildman–Crippen MR) is 107 cm³/mol. The molecule has 0 aromatic heterocycles. The third-order valence-corrected chi connectivity index (χ3v) is 3.93. The molecule has 1 aromatic rings. The minimum atomic E-state index is -0.772. The van der Waals surface area contributed by atoms with Gasteiger partial charge in [-0.1, -0.05) is 50.6 Å². The monoisotopic (exact) mass is 392 g/mol. The Morgan fingerprint density at radius 1 is 1.29 bits per heavy atom. The molecule has 2 rings (SSSR count). The van der Waals surface area contributed by atoms with Crippen molar-refractivity contribution >= 4 is 17.8 Å². The van der Waals surface area contributed by atoms with Gasteiger partial charge in [0.1, 0.15) is 19.3 Å². The van der Waals surface area contributed by atoms with Crippen LogP contribution in [0.5, 0.6) is 0 Å². The Morgan fingerprint density at radius 3 is 2.57 bits per heavy atom. The number of ether oxygens (including phenoxy) is 2. The Hall–Kier alpha value is -2.41. The maximum absolute atomic E-state index is 12.5. The fraction of sp³-hybridized carbons (Fsp3) is 0.571. The van der Waals surface area contributed by atoms with E-state index in [0.29, 0.717) is 13.0 Å². The molecule has 156 valence electrons. The first kappa shape index (κ1) is 23.6. The van der Waals surface area contributed by atoms with Crippen molar-refractivity contribution < 1.29 is 23.9 Å². The van der Waals surface area contributed by atoms with E-state index in [1.165, 1.54) is 11.3 Å². The number of hydrogen-bond donors (Lipinski definition) is 1. The number of nitrogens with zero attached hydrogens (tertiary/aromatic N) is 1. The first-order chi connectivity index (χ1) is 13.4. The molecule has 1 aliphatic rings. The average molecular weight is 392 g/mol. The second-order valence-electron chi connectivity index (χ2n) is 6.84. The summed E-state index contributed by atoms with van der Waals surface area (Å²) < 4.78 is 10.5. The molecule has 1 saturated heterocycles. The SMILES string of the molecule is CC1CCN(C(=O)C(C)NC(=O)OCc2ccccc2)CC(=O)CO1.CCC. The number of nitrogens with one attached hydrogen (secondary N) is 1. The molecule has 1 heterocycles. The zero-order valence-corrected chi connectivity index (χ0v) is 17.3. The lowest BCUT2D eigenvalue weighted by Crippen LogP contribution is -2.50. The van der Waals surface area contributed by atoms with Crippen molar-refractivity contribution in [1.82, 2.24) is 10.2 Å². The summed E-state index contributed by atoms with van der Waals surface area (Å²) >= 11 is 0. The van der Waals surface area contributed by atoms with E-state index in [1.54, 1.807) is 6.92 Å². The van der Waals surface area contributed by atoms with Crippen molar-refractivity contribution in [2.24, 2.45) is 0 Å². The lowest BCUT2D eigenvalue weighted by atomic mass is 10.2. The number of alkyl carbamates (subject to hydrolysis) is 1. The van der Waals surface area contributed by atoms with E-state index in [1.807, 2.05) is 37.3 Å². The Bertz CT molecular complexity index is 620. The molecule has 0 aliphatic carbocycles. The summed E-state index contributed by atoms with van der Waals surface area (Å²) in [5.74, 6) is -0.460. The van der Waals surface area contributed by atoms with E-state index >= 15 is 0 Å². The number of carbonyl (C=O) groups excluding carboxylic acids is 3. The number of rotatable bonds is 4. The van der Waals surface area contributed by atoms with Crippen LogP contribution in [-0.2, 0) is 25.7 Å². The number of carbonyl (C=O) groups is 3. The summed E-state index contributed by atoms with van der Waals surface area (Å²) in [5.41, 5.74) is 0.861. The summed E-state index contributed by atoms with van der Waals surface area (Å²) in [6, 6.07) is 8.50. The molecule has 2 amide bonds. The number of hydrogen-bond acceptors (Lipinski definition) is 5. The van der Waals surface area contributed by atoms with Gasteiger partial charge in [-0.25, -0.2) is 4.79 Å². The molecule has 1 N–H and O–H groups in total. The van der Waals surface area contributed by atoms with Crippen molar-refractivity contribution in [3.05, 3.63) is 35.9 Å². The van der Waals surface area contributed by atoms with Crippen LogP contribution < -0.4 is 5.32 Å². The third kappa shape index (κ3) is 8.99. The summed E-state index contributed by atoms with van der Waals surface area (Å²) in [5, 5.41) is 2.51.